The lowest BCUT2D eigenvalue weighted by Gasteiger charge is -2.15. The highest BCUT2D eigenvalue weighted by Crippen LogP contribution is 2.12. The second-order valence-electron chi connectivity index (χ2n) is 5.06. The van der Waals surface area contributed by atoms with Gasteiger partial charge in [-0.2, -0.15) is 0 Å². The number of likely N-dealkylation sites (tertiary alicyclic amines) is 1. The molecule has 3 amide bonds. The molecule has 0 saturated carbocycles. The minimum Gasteiger partial charge on any atom is -0.343 e. The lowest BCUT2D eigenvalue weighted by molar-refractivity contribution is -0.137. The van der Waals surface area contributed by atoms with Crippen molar-refractivity contribution in [1.82, 2.24) is 9.80 Å². The predicted molar refractivity (Wildman–Crippen MR) is 70.1 cm³/mol. The minimum atomic E-state index is -0.224. The van der Waals surface area contributed by atoms with E-state index in [-0.39, 0.29) is 17.7 Å². The molecule has 0 bridgehead atoms. The highest BCUT2D eigenvalue weighted by Gasteiger charge is 2.22. The standard InChI is InChI=1S/C14H20N2O3/c17-12(15-9-4-5-10-15)6-2-1-3-11-16-13(18)7-8-14(16)19/h7-8H,1-6,9-11H2. The van der Waals surface area contributed by atoms with Crippen LogP contribution in [0.4, 0.5) is 0 Å². The summed E-state index contributed by atoms with van der Waals surface area (Å²) in [6, 6.07) is 0. The van der Waals surface area contributed by atoms with E-state index in [2.05, 4.69) is 0 Å². The number of hydrogen-bond donors (Lipinski definition) is 0. The minimum absolute atomic E-state index is 0.224. The fraction of sp³-hybridized carbons (Fsp3) is 0.643. The Balaban J connectivity index is 1.56. The van der Waals surface area contributed by atoms with Gasteiger partial charge in [-0.25, -0.2) is 0 Å². The van der Waals surface area contributed by atoms with Crippen molar-refractivity contribution in [2.45, 2.75) is 38.5 Å². The average Bonchev–Trinajstić information content (AvgIpc) is 3.02. The van der Waals surface area contributed by atoms with Crippen LogP contribution >= 0.6 is 0 Å². The van der Waals surface area contributed by atoms with Crippen LogP contribution in [-0.2, 0) is 14.4 Å². The van der Waals surface area contributed by atoms with Crippen LogP contribution in [0.1, 0.15) is 38.5 Å². The van der Waals surface area contributed by atoms with Gasteiger partial charge in [-0.15, -0.1) is 0 Å². The Hall–Kier alpha value is -1.65. The van der Waals surface area contributed by atoms with E-state index in [4.69, 9.17) is 0 Å². The van der Waals surface area contributed by atoms with Crippen molar-refractivity contribution in [2.75, 3.05) is 19.6 Å². The molecule has 0 aliphatic carbocycles. The summed E-state index contributed by atoms with van der Waals surface area (Å²) < 4.78 is 0. The number of rotatable bonds is 6. The topological polar surface area (TPSA) is 57.7 Å². The number of carbonyl (C=O) groups is 3. The number of amides is 3. The van der Waals surface area contributed by atoms with Crippen molar-refractivity contribution < 1.29 is 14.4 Å². The van der Waals surface area contributed by atoms with Crippen molar-refractivity contribution in [1.29, 1.82) is 0 Å². The summed E-state index contributed by atoms with van der Waals surface area (Å²) in [6.45, 7) is 2.27. The van der Waals surface area contributed by atoms with E-state index >= 15 is 0 Å². The van der Waals surface area contributed by atoms with Gasteiger partial charge in [0.25, 0.3) is 11.8 Å². The summed E-state index contributed by atoms with van der Waals surface area (Å²) in [7, 11) is 0. The maximum atomic E-state index is 11.8. The van der Waals surface area contributed by atoms with E-state index < -0.39 is 0 Å². The first-order valence-corrected chi connectivity index (χ1v) is 7.00. The summed E-state index contributed by atoms with van der Waals surface area (Å²) in [4.78, 5) is 37.5. The van der Waals surface area contributed by atoms with Gasteiger partial charge in [0.1, 0.15) is 0 Å². The molecular formula is C14H20N2O3. The maximum absolute atomic E-state index is 11.8. The van der Waals surface area contributed by atoms with E-state index in [1.54, 1.807) is 0 Å². The zero-order valence-electron chi connectivity index (χ0n) is 11.1. The SMILES string of the molecule is O=C(CCCCCN1C(=O)C=CC1=O)N1CCCC1. The maximum Gasteiger partial charge on any atom is 0.253 e. The highest BCUT2D eigenvalue weighted by atomic mass is 16.2. The van der Waals surface area contributed by atoms with Crippen LogP contribution in [0.25, 0.3) is 0 Å². The molecule has 0 unspecified atom stereocenters. The Bertz CT molecular complexity index is 379. The molecule has 2 heterocycles. The first kappa shape index (κ1) is 13.8. The number of carbonyl (C=O) groups excluding carboxylic acids is 3. The van der Waals surface area contributed by atoms with Crippen molar-refractivity contribution in [3.8, 4) is 0 Å². The van der Waals surface area contributed by atoms with Crippen molar-refractivity contribution >= 4 is 17.7 Å². The zero-order chi connectivity index (χ0) is 13.7. The molecule has 2 aliphatic heterocycles. The number of imide groups is 1. The smallest absolute Gasteiger partial charge is 0.253 e. The highest BCUT2D eigenvalue weighted by molar-refractivity contribution is 6.12. The van der Waals surface area contributed by atoms with Gasteiger partial charge in [0.2, 0.25) is 5.91 Å². The third-order valence-electron chi connectivity index (χ3n) is 3.63. The molecule has 1 saturated heterocycles. The van der Waals surface area contributed by atoms with Crippen molar-refractivity contribution in [3.05, 3.63) is 12.2 Å². The van der Waals surface area contributed by atoms with Crippen LogP contribution in [0.2, 0.25) is 0 Å². The van der Waals surface area contributed by atoms with Gasteiger partial charge >= 0.3 is 0 Å². The Kier molecular flexibility index (Phi) is 4.71. The number of nitrogens with zero attached hydrogens (tertiary/aromatic N) is 2. The van der Waals surface area contributed by atoms with Gasteiger partial charge in [-0.3, -0.25) is 19.3 Å². The molecule has 0 aromatic heterocycles. The summed E-state index contributed by atoms with van der Waals surface area (Å²) in [5, 5.41) is 0. The van der Waals surface area contributed by atoms with Gasteiger partial charge in [0, 0.05) is 38.2 Å². The number of hydrogen-bond acceptors (Lipinski definition) is 3. The molecule has 0 aromatic carbocycles. The molecule has 5 nitrogen and oxygen atoms in total. The first-order chi connectivity index (χ1) is 9.18. The van der Waals surface area contributed by atoms with E-state index in [1.807, 2.05) is 4.90 Å². The van der Waals surface area contributed by atoms with Gasteiger partial charge in [0.15, 0.2) is 0 Å². The first-order valence-electron chi connectivity index (χ1n) is 7.00. The average molecular weight is 264 g/mol. The molecule has 104 valence electrons. The van der Waals surface area contributed by atoms with E-state index in [0.717, 1.165) is 45.2 Å². The third-order valence-corrected chi connectivity index (χ3v) is 3.63. The van der Waals surface area contributed by atoms with Crippen LogP contribution in [0.3, 0.4) is 0 Å². The lowest BCUT2D eigenvalue weighted by atomic mass is 10.1. The summed E-state index contributed by atoms with van der Waals surface area (Å²) in [5.74, 6) is -0.205. The molecule has 0 spiro atoms. The van der Waals surface area contributed by atoms with Crippen LogP contribution in [0, 0.1) is 0 Å². The molecule has 0 atom stereocenters. The van der Waals surface area contributed by atoms with Crippen molar-refractivity contribution in [2.24, 2.45) is 0 Å². The number of unbranched alkanes of at least 4 members (excludes halogenated alkanes) is 2. The molecular weight excluding hydrogens is 244 g/mol. The second-order valence-corrected chi connectivity index (χ2v) is 5.06. The quantitative estimate of drug-likeness (QED) is 0.533. The van der Waals surface area contributed by atoms with Gasteiger partial charge < -0.3 is 4.90 Å². The van der Waals surface area contributed by atoms with E-state index in [0.29, 0.717) is 13.0 Å². The molecule has 0 radical (unpaired) electrons. The monoisotopic (exact) mass is 264 g/mol. The molecule has 0 N–H and O–H groups in total. The van der Waals surface area contributed by atoms with Gasteiger partial charge in [0.05, 0.1) is 0 Å². The Morgan fingerprint density at radius 2 is 1.63 bits per heavy atom. The van der Waals surface area contributed by atoms with Crippen LogP contribution < -0.4 is 0 Å². The lowest BCUT2D eigenvalue weighted by Crippen LogP contribution is -2.31. The molecule has 0 aromatic rings. The Labute approximate surface area is 113 Å². The molecule has 19 heavy (non-hydrogen) atoms. The summed E-state index contributed by atoms with van der Waals surface area (Å²) >= 11 is 0. The van der Waals surface area contributed by atoms with Crippen LogP contribution in [-0.4, -0.2) is 47.2 Å². The summed E-state index contributed by atoms with van der Waals surface area (Å²) in [6.07, 6.45) is 7.91. The van der Waals surface area contributed by atoms with Gasteiger partial charge in [-0.05, 0) is 25.7 Å². The second kappa shape index (κ2) is 6.50. The zero-order valence-corrected chi connectivity index (χ0v) is 11.1. The van der Waals surface area contributed by atoms with Crippen LogP contribution in [0.5, 0.6) is 0 Å². The largest absolute Gasteiger partial charge is 0.343 e. The Morgan fingerprint density at radius 3 is 2.26 bits per heavy atom. The predicted octanol–water partition coefficient (Wildman–Crippen LogP) is 1.09. The molecule has 5 heteroatoms. The van der Waals surface area contributed by atoms with Crippen LogP contribution in [0.15, 0.2) is 12.2 Å². The Morgan fingerprint density at radius 1 is 1.00 bits per heavy atom. The third kappa shape index (κ3) is 3.66. The fourth-order valence-electron chi connectivity index (χ4n) is 2.50. The van der Waals surface area contributed by atoms with E-state index in [1.165, 1.54) is 17.1 Å². The summed E-state index contributed by atoms with van der Waals surface area (Å²) in [5.41, 5.74) is 0. The van der Waals surface area contributed by atoms with Gasteiger partial charge in [-0.1, -0.05) is 6.42 Å². The molecule has 2 aliphatic rings. The van der Waals surface area contributed by atoms with E-state index in [9.17, 15) is 14.4 Å². The van der Waals surface area contributed by atoms with Crippen molar-refractivity contribution in [3.63, 3.8) is 0 Å². The molecule has 1 fully saturated rings. The molecule has 2 rings (SSSR count). The fourth-order valence-corrected chi connectivity index (χ4v) is 2.50. The normalized spacial score (nSPS) is 18.7.